The highest BCUT2D eigenvalue weighted by molar-refractivity contribution is 7.22. The first kappa shape index (κ1) is 18.3. The van der Waals surface area contributed by atoms with Crippen LogP contribution >= 0.6 is 11.3 Å². The summed E-state index contributed by atoms with van der Waals surface area (Å²) >= 11 is 1.55. The Labute approximate surface area is 168 Å². The zero-order valence-electron chi connectivity index (χ0n) is 15.9. The van der Waals surface area contributed by atoms with E-state index in [0.29, 0.717) is 13.0 Å². The topological polar surface area (TPSA) is 46.1 Å². The van der Waals surface area contributed by atoms with Gasteiger partial charge in [0, 0.05) is 12.4 Å². The normalized spacial score (nSPS) is 10.9. The van der Waals surface area contributed by atoms with Gasteiger partial charge in [-0.25, -0.2) is 4.98 Å². The van der Waals surface area contributed by atoms with E-state index in [1.165, 1.54) is 5.56 Å². The molecule has 28 heavy (non-hydrogen) atoms. The van der Waals surface area contributed by atoms with Crippen molar-refractivity contribution in [1.82, 2.24) is 9.97 Å². The SMILES string of the molecule is Cc1ccc(CC(=O)N(Cc2cccnc2)c2nc3c(C)cccc3s2)cc1. The molecular formula is C23H21N3OS. The first-order chi connectivity index (χ1) is 13.6. The molecule has 0 spiro atoms. The van der Waals surface area contributed by atoms with Crippen molar-refractivity contribution >= 4 is 32.6 Å². The van der Waals surface area contributed by atoms with E-state index < -0.39 is 0 Å². The van der Waals surface area contributed by atoms with E-state index >= 15 is 0 Å². The summed E-state index contributed by atoms with van der Waals surface area (Å²) in [5, 5.41) is 0.727. The summed E-state index contributed by atoms with van der Waals surface area (Å²) in [6, 6.07) is 18.1. The Morgan fingerprint density at radius 3 is 2.54 bits per heavy atom. The third-order valence-corrected chi connectivity index (χ3v) is 5.72. The van der Waals surface area contributed by atoms with Gasteiger partial charge in [-0.15, -0.1) is 0 Å². The third kappa shape index (κ3) is 3.94. The lowest BCUT2D eigenvalue weighted by atomic mass is 10.1. The minimum Gasteiger partial charge on any atom is -0.283 e. The van der Waals surface area contributed by atoms with Crippen LogP contribution < -0.4 is 4.90 Å². The van der Waals surface area contributed by atoms with Gasteiger partial charge in [-0.2, -0.15) is 0 Å². The summed E-state index contributed by atoms with van der Waals surface area (Å²) in [6.45, 7) is 4.55. The second-order valence-corrected chi connectivity index (χ2v) is 7.93. The van der Waals surface area contributed by atoms with Crippen LogP contribution in [-0.2, 0) is 17.8 Å². The summed E-state index contributed by atoms with van der Waals surface area (Å²) in [7, 11) is 0. The monoisotopic (exact) mass is 387 g/mol. The van der Waals surface area contributed by atoms with Crippen molar-refractivity contribution in [2.24, 2.45) is 0 Å². The molecule has 2 aromatic heterocycles. The number of rotatable bonds is 5. The number of thiazole rings is 1. The maximum atomic E-state index is 13.2. The predicted molar refractivity (Wildman–Crippen MR) is 115 cm³/mol. The summed E-state index contributed by atoms with van der Waals surface area (Å²) < 4.78 is 1.09. The second-order valence-electron chi connectivity index (χ2n) is 6.92. The van der Waals surface area contributed by atoms with Crippen molar-refractivity contribution < 1.29 is 4.79 Å². The molecule has 0 saturated heterocycles. The number of benzene rings is 2. The van der Waals surface area contributed by atoms with Gasteiger partial charge in [-0.1, -0.05) is 59.4 Å². The van der Waals surface area contributed by atoms with Gasteiger partial charge in [0.05, 0.1) is 23.2 Å². The average Bonchev–Trinajstić information content (AvgIpc) is 3.14. The maximum absolute atomic E-state index is 13.2. The molecule has 0 unspecified atom stereocenters. The van der Waals surface area contributed by atoms with Gasteiger partial charge in [-0.05, 0) is 42.7 Å². The Bertz CT molecular complexity index is 1100. The number of carbonyl (C=O) groups excluding carboxylic acids is 1. The van der Waals surface area contributed by atoms with Gasteiger partial charge in [0.2, 0.25) is 5.91 Å². The summed E-state index contributed by atoms with van der Waals surface area (Å²) in [5.74, 6) is 0.0319. The van der Waals surface area contributed by atoms with Gasteiger partial charge in [0.15, 0.2) is 5.13 Å². The van der Waals surface area contributed by atoms with Gasteiger partial charge >= 0.3 is 0 Å². The van der Waals surface area contributed by atoms with Gasteiger partial charge in [0.25, 0.3) is 0 Å². The van der Waals surface area contributed by atoms with Crippen LogP contribution in [0.2, 0.25) is 0 Å². The Kier molecular flexibility index (Phi) is 5.17. The van der Waals surface area contributed by atoms with E-state index in [2.05, 4.69) is 11.1 Å². The smallest absolute Gasteiger partial charge is 0.233 e. The minimum atomic E-state index is 0.0319. The summed E-state index contributed by atoms with van der Waals surface area (Å²) in [4.78, 5) is 24.0. The van der Waals surface area contributed by atoms with Crippen molar-refractivity contribution in [3.05, 3.63) is 89.2 Å². The van der Waals surface area contributed by atoms with Gasteiger partial charge in [-0.3, -0.25) is 14.7 Å². The fourth-order valence-corrected chi connectivity index (χ4v) is 4.16. The van der Waals surface area contributed by atoms with Crippen molar-refractivity contribution in [3.8, 4) is 0 Å². The van der Waals surface area contributed by atoms with Crippen LogP contribution in [0.3, 0.4) is 0 Å². The zero-order chi connectivity index (χ0) is 19.5. The molecule has 1 amide bonds. The largest absolute Gasteiger partial charge is 0.283 e. The highest BCUT2D eigenvalue weighted by atomic mass is 32.1. The van der Waals surface area contributed by atoms with Crippen molar-refractivity contribution in [3.63, 3.8) is 0 Å². The van der Waals surface area contributed by atoms with Gasteiger partial charge < -0.3 is 0 Å². The lowest BCUT2D eigenvalue weighted by Crippen LogP contribution is -2.31. The number of fused-ring (bicyclic) bond motifs is 1. The minimum absolute atomic E-state index is 0.0319. The summed E-state index contributed by atoms with van der Waals surface area (Å²) in [5.41, 5.74) is 5.25. The standard InChI is InChI=1S/C23H21N3OS/c1-16-8-10-18(11-9-16)13-21(27)26(15-19-6-4-12-24-14-19)23-25-22-17(2)5-3-7-20(22)28-23/h3-12,14H,13,15H2,1-2H3. The number of hydrogen-bond acceptors (Lipinski definition) is 4. The Morgan fingerprint density at radius 2 is 1.82 bits per heavy atom. The van der Waals surface area contributed by atoms with Crippen LogP contribution in [0.25, 0.3) is 10.2 Å². The molecule has 4 rings (SSSR count). The predicted octanol–water partition coefficient (Wildman–Crippen LogP) is 5.08. The molecule has 0 atom stereocenters. The number of hydrogen-bond donors (Lipinski definition) is 0. The molecule has 5 heteroatoms. The second kappa shape index (κ2) is 7.90. The molecule has 2 aromatic carbocycles. The molecule has 0 aliphatic carbocycles. The van der Waals surface area contributed by atoms with E-state index in [1.54, 1.807) is 28.6 Å². The molecule has 140 valence electrons. The van der Waals surface area contributed by atoms with E-state index in [9.17, 15) is 4.79 Å². The quantitative estimate of drug-likeness (QED) is 0.479. The van der Waals surface area contributed by atoms with Crippen LogP contribution in [0.4, 0.5) is 5.13 Å². The first-order valence-electron chi connectivity index (χ1n) is 9.21. The molecule has 0 aliphatic rings. The lowest BCUT2D eigenvalue weighted by molar-refractivity contribution is -0.118. The number of pyridine rings is 1. The Hall–Kier alpha value is -3.05. The van der Waals surface area contributed by atoms with E-state index in [0.717, 1.165) is 32.0 Å². The molecule has 0 radical (unpaired) electrons. The van der Waals surface area contributed by atoms with Crippen LogP contribution in [0, 0.1) is 13.8 Å². The highest BCUT2D eigenvalue weighted by Gasteiger charge is 2.21. The first-order valence-corrected chi connectivity index (χ1v) is 10.0. The van der Waals surface area contributed by atoms with Crippen molar-refractivity contribution in [2.75, 3.05) is 4.90 Å². The number of nitrogens with zero attached hydrogens (tertiary/aromatic N) is 3. The molecule has 0 N–H and O–H groups in total. The van der Waals surface area contributed by atoms with Crippen LogP contribution in [0.1, 0.15) is 22.3 Å². The zero-order valence-corrected chi connectivity index (χ0v) is 16.7. The van der Waals surface area contributed by atoms with Gasteiger partial charge in [0.1, 0.15) is 0 Å². The lowest BCUT2D eigenvalue weighted by Gasteiger charge is -2.20. The number of aromatic nitrogens is 2. The molecule has 0 saturated carbocycles. The van der Waals surface area contributed by atoms with Crippen LogP contribution in [-0.4, -0.2) is 15.9 Å². The molecule has 0 bridgehead atoms. The van der Waals surface area contributed by atoms with E-state index in [4.69, 9.17) is 4.98 Å². The van der Waals surface area contributed by atoms with E-state index in [1.807, 2.05) is 62.4 Å². The summed E-state index contributed by atoms with van der Waals surface area (Å²) in [6.07, 6.45) is 3.88. The van der Waals surface area contributed by atoms with E-state index in [-0.39, 0.29) is 5.91 Å². The molecule has 4 nitrogen and oxygen atoms in total. The number of anilines is 1. The average molecular weight is 388 g/mol. The number of aryl methyl sites for hydroxylation is 2. The van der Waals surface area contributed by atoms with Crippen molar-refractivity contribution in [2.45, 2.75) is 26.8 Å². The highest BCUT2D eigenvalue weighted by Crippen LogP contribution is 2.31. The van der Waals surface area contributed by atoms with Crippen molar-refractivity contribution in [1.29, 1.82) is 0 Å². The molecule has 0 fully saturated rings. The molecular weight excluding hydrogens is 366 g/mol. The third-order valence-electron chi connectivity index (χ3n) is 4.68. The Balaban J connectivity index is 1.69. The molecule has 4 aromatic rings. The number of para-hydroxylation sites is 1. The number of carbonyl (C=O) groups is 1. The fraction of sp³-hybridized carbons (Fsp3) is 0.174. The maximum Gasteiger partial charge on any atom is 0.233 e. The fourth-order valence-electron chi connectivity index (χ4n) is 3.10. The Morgan fingerprint density at radius 1 is 1.00 bits per heavy atom. The van der Waals surface area contributed by atoms with Crippen LogP contribution in [0.5, 0.6) is 0 Å². The molecule has 2 heterocycles. The number of amides is 1. The van der Waals surface area contributed by atoms with Crippen LogP contribution in [0.15, 0.2) is 67.0 Å². The molecule has 0 aliphatic heterocycles.